The molecule has 0 aliphatic carbocycles. The monoisotopic (exact) mass is 192 g/mol. The maximum Gasteiger partial charge on any atom is 0.128 e. The van der Waals surface area contributed by atoms with E-state index < -0.39 is 0 Å². The van der Waals surface area contributed by atoms with Gasteiger partial charge in [0.05, 0.1) is 11.7 Å². The van der Waals surface area contributed by atoms with Gasteiger partial charge in [-0.3, -0.25) is 4.68 Å². The Hall–Kier alpha value is -1.38. The highest BCUT2D eigenvalue weighted by Crippen LogP contribution is 2.27. The molecule has 0 bridgehead atoms. The van der Waals surface area contributed by atoms with Gasteiger partial charge >= 0.3 is 0 Å². The van der Waals surface area contributed by atoms with Crippen LogP contribution in [-0.2, 0) is 7.05 Å². The van der Waals surface area contributed by atoms with Gasteiger partial charge in [0.2, 0.25) is 0 Å². The highest BCUT2D eigenvalue weighted by atomic mass is 19.1. The first-order valence-electron chi connectivity index (χ1n) is 4.71. The highest BCUT2D eigenvalue weighted by molar-refractivity contribution is 5.82. The van der Waals surface area contributed by atoms with Crippen molar-refractivity contribution in [2.45, 2.75) is 19.8 Å². The molecular formula is C11H13FN2. The lowest BCUT2D eigenvalue weighted by Crippen LogP contribution is -1.99. The summed E-state index contributed by atoms with van der Waals surface area (Å²) in [5.74, 6) is 0.0326. The van der Waals surface area contributed by atoms with Crippen molar-refractivity contribution >= 4 is 10.9 Å². The van der Waals surface area contributed by atoms with Gasteiger partial charge < -0.3 is 0 Å². The average Bonchev–Trinajstić information content (AvgIpc) is 2.47. The number of benzene rings is 1. The van der Waals surface area contributed by atoms with Crippen molar-refractivity contribution in [3.63, 3.8) is 0 Å². The van der Waals surface area contributed by atoms with Gasteiger partial charge in [0.15, 0.2) is 0 Å². The van der Waals surface area contributed by atoms with Crippen molar-refractivity contribution in [3.05, 3.63) is 29.7 Å². The van der Waals surface area contributed by atoms with Crippen LogP contribution in [-0.4, -0.2) is 9.78 Å². The molecule has 0 saturated heterocycles. The number of rotatable bonds is 1. The van der Waals surface area contributed by atoms with Crippen molar-refractivity contribution in [1.29, 1.82) is 0 Å². The van der Waals surface area contributed by atoms with E-state index in [0.717, 1.165) is 16.5 Å². The molecule has 0 saturated carbocycles. The van der Waals surface area contributed by atoms with Gasteiger partial charge in [0.1, 0.15) is 5.82 Å². The first-order valence-corrected chi connectivity index (χ1v) is 4.71. The molecule has 0 aliphatic rings. The summed E-state index contributed by atoms with van der Waals surface area (Å²) in [6.45, 7) is 3.98. The predicted molar refractivity (Wildman–Crippen MR) is 54.8 cm³/mol. The maximum atomic E-state index is 13.6. The first kappa shape index (κ1) is 9.19. The second-order valence-electron chi connectivity index (χ2n) is 3.82. The van der Waals surface area contributed by atoms with E-state index in [1.807, 2.05) is 20.9 Å². The van der Waals surface area contributed by atoms with Gasteiger partial charge in [0, 0.05) is 18.0 Å². The molecule has 1 heterocycles. The van der Waals surface area contributed by atoms with Crippen molar-refractivity contribution in [3.8, 4) is 0 Å². The van der Waals surface area contributed by atoms with E-state index in [4.69, 9.17) is 0 Å². The van der Waals surface area contributed by atoms with E-state index in [9.17, 15) is 4.39 Å². The van der Waals surface area contributed by atoms with Crippen LogP contribution in [0.25, 0.3) is 10.9 Å². The zero-order valence-electron chi connectivity index (χ0n) is 8.58. The molecule has 2 aromatic rings. The van der Waals surface area contributed by atoms with Crippen LogP contribution in [0.3, 0.4) is 0 Å². The number of fused-ring (bicyclic) bond motifs is 1. The standard InChI is InChI=1S/C11H13FN2/c1-7(2)10-9(12)5-4-8-6-13-14(3)11(8)10/h4-7H,1-3H3. The summed E-state index contributed by atoms with van der Waals surface area (Å²) in [4.78, 5) is 0. The fourth-order valence-electron chi connectivity index (χ4n) is 1.82. The molecule has 2 nitrogen and oxygen atoms in total. The molecule has 0 radical (unpaired) electrons. The minimum absolute atomic E-state index is 0.142. The molecule has 3 heteroatoms. The molecule has 0 unspecified atom stereocenters. The van der Waals surface area contributed by atoms with Crippen LogP contribution < -0.4 is 0 Å². The van der Waals surface area contributed by atoms with Gasteiger partial charge in [-0.15, -0.1) is 0 Å². The van der Waals surface area contributed by atoms with Gasteiger partial charge in [-0.2, -0.15) is 5.10 Å². The Balaban J connectivity index is 2.87. The highest BCUT2D eigenvalue weighted by Gasteiger charge is 2.13. The van der Waals surface area contributed by atoms with Gasteiger partial charge in [-0.05, 0) is 18.1 Å². The zero-order chi connectivity index (χ0) is 10.3. The summed E-state index contributed by atoms with van der Waals surface area (Å²) in [6, 6.07) is 3.28. The number of aryl methyl sites for hydroxylation is 1. The van der Waals surface area contributed by atoms with E-state index in [1.54, 1.807) is 16.9 Å². The van der Waals surface area contributed by atoms with Crippen LogP contribution in [0, 0.1) is 5.82 Å². The summed E-state index contributed by atoms with van der Waals surface area (Å²) >= 11 is 0. The molecule has 1 aromatic carbocycles. The molecule has 2 rings (SSSR count). The topological polar surface area (TPSA) is 17.8 Å². The van der Waals surface area contributed by atoms with Crippen molar-refractivity contribution in [1.82, 2.24) is 9.78 Å². The van der Waals surface area contributed by atoms with Crippen LogP contribution >= 0.6 is 0 Å². The van der Waals surface area contributed by atoms with E-state index >= 15 is 0 Å². The van der Waals surface area contributed by atoms with Gasteiger partial charge in [-0.25, -0.2) is 4.39 Å². The summed E-state index contributed by atoms with van der Waals surface area (Å²) in [6.07, 6.45) is 1.76. The van der Waals surface area contributed by atoms with Crippen LogP contribution in [0.15, 0.2) is 18.3 Å². The summed E-state index contributed by atoms with van der Waals surface area (Å²) in [5.41, 5.74) is 1.66. The average molecular weight is 192 g/mol. The van der Waals surface area contributed by atoms with Crippen LogP contribution in [0.1, 0.15) is 25.3 Å². The molecule has 14 heavy (non-hydrogen) atoms. The Bertz CT molecular complexity index is 471. The third kappa shape index (κ3) is 1.20. The predicted octanol–water partition coefficient (Wildman–Crippen LogP) is 2.84. The van der Waals surface area contributed by atoms with E-state index in [0.29, 0.717) is 0 Å². The Labute approximate surface area is 82.3 Å². The minimum Gasteiger partial charge on any atom is -0.268 e. The lowest BCUT2D eigenvalue weighted by molar-refractivity contribution is 0.599. The number of nitrogens with zero attached hydrogens (tertiary/aromatic N) is 2. The smallest absolute Gasteiger partial charge is 0.128 e. The normalized spacial score (nSPS) is 11.5. The molecule has 0 atom stereocenters. The fraction of sp³-hybridized carbons (Fsp3) is 0.364. The Morgan fingerprint density at radius 2 is 2.07 bits per heavy atom. The molecule has 74 valence electrons. The first-order chi connectivity index (χ1) is 6.61. The van der Waals surface area contributed by atoms with Crippen LogP contribution in [0.2, 0.25) is 0 Å². The Morgan fingerprint density at radius 1 is 1.36 bits per heavy atom. The summed E-state index contributed by atoms with van der Waals surface area (Å²) in [7, 11) is 1.84. The molecule has 0 fully saturated rings. The molecule has 1 aromatic heterocycles. The third-order valence-electron chi connectivity index (χ3n) is 2.47. The molecular weight excluding hydrogens is 179 g/mol. The summed E-state index contributed by atoms with van der Waals surface area (Å²) < 4.78 is 15.3. The second-order valence-corrected chi connectivity index (χ2v) is 3.82. The number of halogens is 1. The maximum absolute atomic E-state index is 13.6. The van der Waals surface area contributed by atoms with Gasteiger partial charge in [0.25, 0.3) is 0 Å². The Morgan fingerprint density at radius 3 is 2.71 bits per heavy atom. The lowest BCUT2D eigenvalue weighted by Gasteiger charge is -2.09. The third-order valence-corrected chi connectivity index (χ3v) is 2.47. The zero-order valence-corrected chi connectivity index (χ0v) is 8.58. The number of aromatic nitrogens is 2. The van der Waals surface area contributed by atoms with Crippen molar-refractivity contribution in [2.24, 2.45) is 7.05 Å². The molecule has 0 spiro atoms. The van der Waals surface area contributed by atoms with Crippen LogP contribution in [0.4, 0.5) is 4.39 Å². The fourth-order valence-corrected chi connectivity index (χ4v) is 1.82. The largest absolute Gasteiger partial charge is 0.268 e. The Kier molecular flexibility index (Phi) is 2.02. The quantitative estimate of drug-likeness (QED) is 0.679. The van der Waals surface area contributed by atoms with E-state index in [2.05, 4.69) is 5.10 Å². The molecule has 0 aliphatic heterocycles. The van der Waals surface area contributed by atoms with E-state index in [-0.39, 0.29) is 11.7 Å². The lowest BCUT2D eigenvalue weighted by atomic mass is 10.00. The van der Waals surface area contributed by atoms with E-state index in [1.165, 1.54) is 6.07 Å². The van der Waals surface area contributed by atoms with Gasteiger partial charge in [-0.1, -0.05) is 13.8 Å². The van der Waals surface area contributed by atoms with Crippen molar-refractivity contribution in [2.75, 3.05) is 0 Å². The number of hydrogen-bond acceptors (Lipinski definition) is 1. The van der Waals surface area contributed by atoms with Crippen molar-refractivity contribution < 1.29 is 4.39 Å². The molecule has 0 amide bonds. The molecule has 0 N–H and O–H groups in total. The number of hydrogen-bond donors (Lipinski definition) is 0. The van der Waals surface area contributed by atoms with Crippen LogP contribution in [0.5, 0.6) is 0 Å². The minimum atomic E-state index is -0.142. The summed E-state index contributed by atoms with van der Waals surface area (Å²) in [5, 5.41) is 5.13. The SMILES string of the molecule is CC(C)c1c(F)ccc2cnn(C)c12. The second kappa shape index (κ2) is 3.08.